The van der Waals surface area contributed by atoms with Crippen molar-refractivity contribution in [3.63, 3.8) is 0 Å². The van der Waals surface area contributed by atoms with Crippen LogP contribution < -0.4 is 5.56 Å². The monoisotopic (exact) mass is 240 g/mol. The van der Waals surface area contributed by atoms with Gasteiger partial charge in [-0.05, 0) is 34.1 Å². The predicted octanol–water partition coefficient (Wildman–Crippen LogP) is 1.39. The summed E-state index contributed by atoms with van der Waals surface area (Å²) in [6.45, 7) is 0. The second-order valence-corrected chi connectivity index (χ2v) is 3.31. The molecular formula is C8H5BrN2O2. The van der Waals surface area contributed by atoms with Crippen molar-refractivity contribution in [2.24, 2.45) is 0 Å². The first-order valence-electron chi connectivity index (χ1n) is 3.55. The summed E-state index contributed by atoms with van der Waals surface area (Å²) in [5.74, 6) is 0.0575. The summed E-state index contributed by atoms with van der Waals surface area (Å²) in [4.78, 5) is 17.8. The summed E-state index contributed by atoms with van der Waals surface area (Å²) in [7, 11) is 0. The third-order valence-corrected chi connectivity index (χ3v) is 2.04. The zero-order chi connectivity index (χ0) is 9.42. The van der Waals surface area contributed by atoms with Crippen molar-refractivity contribution in [3.8, 4) is 5.75 Å². The second kappa shape index (κ2) is 2.85. The molecule has 0 aliphatic rings. The maximum atomic E-state index is 11.3. The molecule has 0 saturated carbocycles. The SMILES string of the molecule is O=c1[nH]c(Br)nc2ccc(O)cc12. The average molecular weight is 241 g/mol. The normalized spacial score (nSPS) is 10.5. The van der Waals surface area contributed by atoms with E-state index in [-0.39, 0.29) is 11.3 Å². The zero-order valence-corrected chi connectivity index (χ0v) is 8.00. The molecule has 0 bridgehead atoms. The standard InChI is InChI=1S/C8H5BrN2O2/c9-8-10-6-2-1-4(12)3-5(6)7(13)11-8/h1-3,12H,(H,10,11,13). The van der Waals surface area contributed by atoms with Crippen LogP contribution in [0.2, 0.25) is 0 Å². The molecule has 2 aromatic rings. The van der Waals surface area contributed by atoms with Crippen molar-refractivity contribution in [1.82, 2.24) is 9.97 Å². The molecular weight excluding hydrogens is 236 g/mol. The van der Waals surface area contributed by atoms with Crippen LogP contribution in [-0.4, -0.2) is 15.1 Å². The van der Waals surface area contributed by atoms with Gasteiger partial charge in [0.2, 0.25) is 0 Å². The Labute approximate surface area is 81.4 Å². The quantitative estimate of drug-likeness (QED) is 0.685. The molecule has 1 aromatic heterocycles. The summed E-state index contributed by atoms with van der Waals surface area (Å²) in [5, 5.41) is 9.51. The molecule has 0 saturated heterocycles. The summed E-state index contributed by atoms with van der Waals surface area (Å²) in [5.41, 5.74) is 0.279. The Bertz CT molecular complexity index is 521. The number of rotatable bonds is 0. The van der Waals surface area contributed by atoms with E-state index in [1.807, 2.05) is 0 Å². The number of aromatic nitrogens is 2. The number of hydrogen-bond donors (Lipinski definition) is 2. The van der Waals surface area contributed by atoms with Crippen molar-refractivity contribution < 1.29 is 5.11 Å². The number of nitrogens with one attached hydrogen (secondary N) is 1. The first-order valence-corrected chi connectivity index (χ1v) is 4.34. The highest BCUT2D eigenvalue weighted by Gasteiger charge is 2.01. The highest BCUT2D eigenvalue weighted by Crippen LogP contribution is 2.15. The molecule has 2 N–H and O–H groups in total. The van der Waals surface area contributed by atoms with Crippen molar-refractivity contribution in [2.75, 3.05) is 0 Å². The molecule has 1 aromatic carbocycles. The van der Waals surface area contributed by atoms with Crippen LogP contribution in [0.25, 0.3) is 10.9 Å². The van der Waals surface area contributed by atoms with Gasteiger partial charge in [0, 0.05) is 0 Å². The van der Waals surface area contributed by atoms with E-state index < -0.39 is 0 Å². The molecule has 5 heteroatoms. The van der Waals surface area contributed by atoms with Gasteiger partial charge in [-0.2, -0.15) is 0 Å². The smallest absolute Gasteiger partial charge is 0.259 e. The Kier molecular flexibility index (Phi) is 1.81. The van der Waals surface area contributed by atoms with Gasteiger partial charge in [0.15, 0.2) is 4.73 Å². The van der Waals surface area contributed by atoms with Crippen molar-refractivity contribution in [3.05, 3.63) is 33.3 Å². The topological polar surface area (TPSA) is 66.0 Å². The molecule has 66 valence electrons. The van der Waals surface area contributed by atoms with E-state index in [2.05, 4.69) is 25.9 Å². The number of H-pyrrole nitrogens is 1. The van der Waals surface area contributed by atoms with Crippen LogP contribution in [0.15, 0.2) is 27.7 Å². The molecule has 0 fully saturated rings. The van der Waals surface area contributed by atoms with Crippen LogP contribution in [0.5, 0.6) is 5.75 Å². The van der Waals surface area contributed by atoms with Gasteiger partial charge in [-0.25, -0.2) is 4.98 Å². The highest BCUT2D eigenvalue weighted by molar-refractivity contribution is 9.10. The van der Waals surface area contributed by atoms with Crippen LogP contribution in [-0.2, 0) is 0 Å². The number of benzene rings is 1. The molecule has 0 spiro atoms. The number of nitrogens with zero attached hydrogens (tertiary/aromatic N) is 1. The minimum atomic E-state index is -0.271. The van der Waals surface area contributed by atoms with Crippen LogP contribution in [0.3, 0.4) is 0 Å². The number of halogens is 1. The Morgan fingerprint density at radius 1 is 1.46 bits per heavy atom. The van der Waals surface area contributed by atoms with Gasteiger partial charge < -0.3 is 10.1 Å². The zero-order valence-electron chi connectivity index (χ0n) is 6.41. The maximum absolute atomic E-state index is 11.3. The number of fused-ring (bicyclic) bond motifs is 1. The Morgan fingerprint density at radius 3 is 3.00 bits per heavy atom. The molecule has 0 atom stereocenters. The summed E-state index contributed by atoms with van der Waals surface area (Å²) >= 11 is 3.07. The van der Waals surface area contributed by atoms with E-state index in [1.54, 1.807) is 6.07 Å². The predicted molar refractivity (Wildman–Crippen MR) is 51.7 cm³/mol. The van der Waals surface area contributed by atoms with Crippen LogP contribution >= 0.6 is 15.9 Å². The fourth-order valence-electron chi connectivity index (χ4n) is 1.10. The van der Waals surface area contributed by atoms with Crippen LogP contribution in [0.1, 0.15) is 0 Å². The lowest BCUT2D eigenvalue weighted by molar-refractivity contribution is 0.476. The van der Waals surface area contributed by atoms with Crippen molar-refractivity contribution in [2.45, 2.75) is 0 Å². The molecule has 2 rings (SSSR count). The van der Waals surface area contributed by atoms with Gasteiger partial charge in [0.05, 0.1) is 10.9 Å². The molecule has 0 aliphatic carbocycles. The number of phenolic OH excluding ortho intramolecular Hbond substituents is 1. The van der Waals surface area contributed by atoms with E-state index in [4.69, 9.17) is 5.11 Å². The summed E-state index contributed by atoms with van der Waals surface area (Å²) in [6, 6.07) is 4.46. The lowest BCUT2D eigenvalue weighted by Gasteiger charge is -1.97. The number of phenols is 1. The Hall–Kier alpha value is -1.36. The average Bonchev–Trinajstić information content (AvgIpc) is 2.06. The lowest BCUT2D eigenvalue weighted by Crippen LogP contribution is -2.07. The van der Waals surface area contributed by atoms with Crippen LogP contribution in [0, 0.1) is 0 Å². The van der Waals surface area contributed by atoms with Crippen molar-refractivity contribution in [1.29, 1.82) is 0 Å². The third-order valence-electron chi connectivity index (χ3n) is 1.66. The van der Waals surface area contributed by atoms with Crippen molar-refractivity contribution >= 4 is 26.8 Å². The molecule has 0 aliphatic heterocycles. The van der Waals surface area contributed by atoms with E-state index >= 15 is 0 Å². The largest absolute Gasteiger partial charge is 0.508 e. The minimum Gasteiger partial charge on any atom is -0.508 e. The highest BCUT2D eigenvalue weighted by atomic mass is 79.9. The summed E-state index contributed by atoms with van der Waals surface area (Å²) < 4.78 is 0.385. The maximum Gasteiger partial charge on any atom is 0.259 e. The Morgan fingerprint density at radius 2 is 2.23 bits per heavy atom. The van der Waals surface area contributed by atoms with E-state index in [9.17, 15) is 4.79 Å². The van der Waals surface area contributed by atoms with E-state index in [1.165, 1.54) is 12.1 Å². The van der Waals surface area contributed by atoms with Gasteiger partial charge in [0.1, 0.15) is 5.75 Å². The number of hydrogen-bond acceptors (Lipinski definition) is 3. The lowest BCUT2D eigenvalue weighted by atomic mass is 10.2. The molecule has 13 heavy (non-hydrogen) atoms. The molecule has 1 heterocycles. The molecule has 0 radical (unpaired) electrons. The molecule has 4 nitrogen and oxygen atoms in total. The fourth-order valence-corrected chi connectivity index (χ4v) is 1.47. The van der Waals surface area contributed by atoms with Crippen LogP contribution in [0.4, 0.5) is 0 Å². The molecule has 0 amide bonds. The van der Waals surface area contributed by atoms with E-state index in [0.29, 0.717) is 15.6 Å². The van der Waals surface area contributed by atoms with Gasteiger partial charge in [-0.1, -0.05) is 0 Å². The number of aromatic amines is 1. The molecule has 0 unspecified atom stereocenters. The number of aromatic hydroxyl groups is 1. The van der Waals surface area contributed by atoms with Gasteiger partial charge >= 0.3 is 0 Å². The third kappa shape index (κ3) is 1.42. The minimum absolute atomic E-state index is 0.0575. The van der Waals surface area contributed by atoms with Gasteiger partial charge in [0.25, 0.3) is 5.56 Å². The summed E-state index contributed by atoms with van der Waals surface area (Å²) in [6.07, 6.45) is 0. The van der Waals surface area contributed by atoms with E-state index in [0.717, 1.165) is 0 Å². The first-order chi connectivity index (χ1) is 6.16. The Balaban J connectivity index is 2.95. The second-order valence-electron chi connectivity index (χ2n) is 2.56. The van der Waals surface area contributed by atoms with Gasteiger partial charge in [-0.15, -0.1) is 0 Å². The first kappa shape index (κ1) is 8.25. The van der Waals surface area contributed by atoms with Gasteiger partial charge in [-0.3, -0.25) is 4.79 Å². The fraction of sp³-hybridized carbons (Fsp3) is 0.